The number of H-pyrrole nitrogens is 1. The summed E-state index contributed by atoms with van der Waals surface area (Å²) in [5, 5.41) is 4.32. The molecule has 0 aliphatic rings. The van der Waals surface area contributed by atoms with Crippen LogP contribution >= 0.6 is 11.6 Å². The van der Waals surface area contributed by atoms with Crippen LogP contribution in [0.15, 0.2) is 66.9 Å². The molecule has 4 rings (SSSR count). The van der Waals surface area contributed by atoms with E-state index in [2.05, 4.69) is 46.2 Å². The molecule has 0 aliphatic heterocycles. The average molecular weight is 463 g/mol. The van der Waals surface area contributed by atoms with Crippen LogP contribution in [0.2, 0.25) is 5.15 Å². The maximum absolute atomic E-state index is 12.8. The number of halogens is 1. The Morgan fingerprint density at radius 2 is 1.79 bits per heavy atom. The summed E-state index contributed by atoms with van der Waals surface area (Å²) < 4.78 is 5.86. The van der Waals surface area contributed by atoms with E-state index >= 15 is 0 Å². The molecule has 0 radical (unpaired) electrons. The smallest absolute Gasteiger partial charge is 0.272 e. The van der Waals surface area contributed by atoms with Gasteiger partial charge >= 0.3 is 0 Å². The Morgan fingerprint density at radius 3 is 2.48 bits per heavy atom. The molecule has 0 saturated heterocycles. The third-order valence-electron chi connectivity index (χ3n) is 5.54. The number of hydrogen-bond donors (Lipinski definition) is 2. The summed E-state index contributed by atoms with van der Waals surface area (Å²) in [5.41, 5.74) is 4.29. The molecule has 0 saturated carbocycles. The number of amides is 1. The first-order valence-corrected chi connectivity index (χ1v) is 11.4. The van der Waals surface area contributed by atoms with Gasteiger partial charge in [0, 0.05) is 34.9 Å². The summed E-state index contributed by atoms with van der Waals surface area (Å²) >= 11 is 5.82. The normalized spacial score (nSPS) is 11.2. The van der Waals surface area contributed by atoms with Crippen molar-refractivity contribution in [2.24, 2.45) is 0 Å². The van der Waals surface area contributed by atoms with E-state index in [1.807, 2.05) is 42.5 Å². The summed E-state index contributed by atoms with van der Waals surface area (Å²) in [7, 11) is 0. The van der Waals surface area contributed by atoms with Crippen LogP contribution < -0.4 is 10.1 Å². The van der Waals surface area contributed by atoms with Gasteiger partial charge in [-0.15, -0.1) is 0 Å². The minimum atomic E-state index is -0.183. The highest BCUT2D eigenvalue weighted by atomic mass is 35.5. The molecule has 0 bridgehead atoms. The Bertz CT molecular complexity index is 1220. The van der Waals surface area contributed by atoms with Crippen LogP contribution in [0, 0.1) is 0 Å². The summed E-state index contributed by atoms with van der Waals surface area (Å²) in [6, 6.07) is 19.1. The Hall–Kier alpha value is -3.35. The maximum Gasteiger partial charge on any atom is 0.272 e. The fourth-order valence-corrected chi connectivity index (χ4v) is 3.69. The van der Waals surface area contributed by atoms with Crippen LogP contribution in [0.1, 0.15) is 35.5 Å². The van der Waals surface area contributed by atoms with E-state index in [-0.39, 0.29) is 5.91 Å². The highest BCUT2D eigenvalue weighted by molar-refractivity contribution is 6.29. The molecule has 6 nitrogen and oxygen atoms in total. The van der Waals surface area contributed by atoms with Crippen molar-refractivity contribution in [1.82, 2.24) is 14.9 Å². The zero-order chi connectivity index (χ0) is 23.2. The first kappa shape index (κ1) is 22.8. The van der Waals surface area contributed by atoms with E-state index in [1.54, 1.807) is 12.3 Å². The number of pyridine rings is 1. The second-order valence-corrected chi connectivity index (χ2v) is 8.21. The standard InChI is InChI=1S/C26H27ClN4O2/c1-3-31(4-2)16-18-5-8-21(9-6-18)29-26(32)24-14-20-13-22(10-11-23(20)30-24)33-17-19-7-12-25(27)28-15-19/h5-15,30H,3-4,16-17H2,1-2H3,(H,29,32). The number of rotatable bonds is 9. The zero-order valence-corrected chi connectivity index (χ0v) is 19.5. The fourth-order valence-electron chi connectivity index (χ4n) is 3.58. The Balaban J connectivity index is 1.39. The summed E-state index contributed by atoms with van der Waals surface area (Å²) in [5.74, 6) is 0.532. The minimum absolute atomic E-state index is 0.183. The van der Waals surface area contributed by atoms with E-state index in [4.69, 9.17) is 16.3 Å². The molecule has 33 heavy (non-hydrogen) atoms. The lowest BCUT2D eigenvalue weighted by atomic mass is 10.2. The predicted octanol–water partition coefficient (Wildman–Crippen LogP) is 5.89. The van der Waals surface area contributed by atoms with Crippen molar-refractivity contribution >= 4 is 34.1 Å². The van der Waals surface area contributed by atoms with Gasteiger partial charge in [-0.05, 0) is 61.1 Å². The second kappa shape index (κ2) is 10.5. The summed E-state index contributed by atoms with van der Waals surface area (Å²) in [6.07, 6.45) is 1.69. The minimum Gasteiger partial charge on any atom is -0.489 e. The molecular weight excluding hydrogens is 436 g/mol. The van der Waals surface area contributed by atoms with Crippen molar-refractivity contribution in [3.8, 4) is 5.75 Å². The van der Waals surface area contributed by atoms with Crippen molar-refractivity contribution in [3.05, 3.63) is 88.8 Å². The average Bonchev–Trinajstić information content (AvgIpc) is 3.27. The number of benzene rings is 2. The molecule has 0 atom stereocenters. The lowest BCUT2D eigenvalue weighted by Crippen LogP contribution is -2.22. The van der Waals surface area contributed by atoms with Crippen molar-refractivity contribution < 1.29 is 9.53 Å². The molecule has 2 aromatic heterocycles. The van der Waals surface area contributed by atoms with Gasteiger partial charge in [-0.3, -0.25) is 9.69 Å². The van der Waals surface area contributed by atoms with Crippen molar-refractivity contribution in [2.75, 3.05) is 18.4 Å². The van der Waals surface area contributed by atoms with Crippen LogP contribution in [-0.4, -0.2) is 33.9 Å². The van der Waals surface area contributed by atoms with Crippen molar-refractivity contribution in [3.63, 3.8) is 0 Å². The van der Waals surface area contributed by atoms with E-state index in [9.17, 15) is 4.79 Å². The molecule has 2 heterocycles. The lowest BCUT2D eigenvalue weighted by Gasteiger charge is -2.18. The van der Waals surface area contributed by atoms with Crippen LogP contribution in [0.3, 0.4) is 0 Å². The molecule has 2 N–H and O–H groups in total. The largest absolute Gasteiger partial charge is 0.489 e. The third kappa shape index (κ3) is 5.92. The van der Waals surface area contributed by atoms with Crippen LogP contribution in [0.5, 0.6) is 5.75 Å². The number of nitrogens with zero attached hydrogens (tertiary/aromatic N) is 2. The zero-order valence-electron chi connectivity index (χ0n) is 18.8. The lowest BCUT2D eigenvalue weighted by molar-refractivity contribution is 0.102. The summed E-state index contributed by atoms with van der Waals surface area (Å²) in [4.78, 5) is 22.3. The predicted molar refractivity (Wildman–Crippen MR) is 133 cm³/mol. The molecule has 170 valence electrons. The maximum atomic E-state index is 12.8. The quantitative estimate of drug-likeness (QED) is 0.304. The topological polar surface area (TPSA) is 70.2 Å². The molecule has 0 aliphatic carbocycles. The highest BCUT2D eigenvalue weighted by Crippen LogP contribution is 2.23. The molecule has 0 spiro atoms. The Morgan fingerprint density at radius 1 is 1.03 bits per heavy atom. The fraction of sp³-hybridized carbons (Fsp3) is 0.231. The monoisotopic (exact) mass is 462 g/mol. The van der Waals surface area contributed by atoms with Crippen molar-refractivity contribution in [1.29, 1.82) is 0 Å². The van der Waals surface area contributed by atoms with Gasteiger partial charge in [0.2, 0.25) is 0 Å². The van der Waals surface area contributed by atoms with Gasteiger partial charge in [0.25, 0.3) is 5.91 Å². The second-order valence-electron chi connectivity index (χ2n) is 7.82. The molecule has 7 heteroatoms. The molecule has 2 aromatic carbocycles. The number of carbonyl (C=O) groups is 1. The molecular formula is C26H27ClN4O2. The summed E-state index contributed by atoms with van der Waals surface area (Å²) in [6.45, 7) is 7.64. The number of fused-ring (bicyclic) bond motifs is 1. The first-order chi connectivity index (χ1) is 16.0. The highest BCUT2D eigenvalue weighted by Gasteiger charge is 2.11. The van der Waals surface area contributed by atoms with Crippen molar-refractivity contribution in [2.45, 2.75) is 27.0 Å². The van der Waals surface area contributed by atoms with E-state index < -0.39 is 0 Å². The van der Waals surface area contributed by atoms with Crippen LogP contribution in [0.25, 0.3) is 10.9 Å². The Labute approximate surface area is 198 Å². The van der Waals surface area contributed by atoms with E-state index in [0.717, 1.165) is 41.8 Å². The third-order valence-corrected chi connectivity index (χ3v) is 5.77. The number of ether oxygens (including phenoxy) is 1. The van der Waals surface area contributed by atoms with Crippen LogP contribution in [-0.2, 0) is 13.2 Å². The molecule has 0 unspecified atom stereocenters. The molecule has 0 fully saturated rings. The molecule has 4 aromatic rings. The van der Waals surface area contributed by atoms with Gasteiger partial charge in [0.1, 0.15) is 23.2 Å². The number of aromatic amines is 1. The number of aromatic nitrogens is 2. The Kier molecular flexibility index (Phi) is 7.27. The SMILES string of the molecule is CCN(CC)Cc1ccc(NC(=O)c2cc3cc(OCc4ccc(Cl)nc4)ccc3[nH]2)cc1. The molecule has 1 amide bonds. The van der Waals surface area contributed by atoms with Gasteiger partial charge in [0.15, 0.2) is 0 Å². The number of nitrogens with one attached hydrogen (secondary N) is 2. The van der Waals surface area contributed by atoms with Gasteiger partial charge < -0.3 is 15.0 Å². The number of carbonyl (C=O) groups excluding carboxylic acids is 1. The number of anilines is 1. The van der Waals surface area contributed by atoms with Crippen LogP contribution in [0.4, 0.5) is 5.69 Å². The number of hydrogen-bond acceptors (Lipinski definition) is 4. The van der Waals surface area contributed by atoms with Gasteiger partial charge in [-0.1, -0.05) is 43.6 Å². The first-order valence-electron chi connectivity index (χ1n) is 11.0. The van der Waals surface area contributed by atoms with E-state index in [1.165, 1.54) is 5.56 Å². The van der Waals surface area contributed by atoms with Gasteiger partial charge in [0.05, 0.1) is 0 Å². The van der Waals surface area contributed by atoms with Gasteiger partial charge in [-0.2, -0.15) is 0 Å². The van der Waals surface area contributed by atoms with E-state index in [0.29, 0.717) is 23.2 Å². The van der Waals surface area contributed by atoms with Gasteiger partial charge in [-0.25, -0.2) is 4.98 Å².